The predicted molar refractivity (Wildman–Crippen MR) is 77.5 cm³/mol. The van der Waals surface area contributed by atoms with Crippen LogP contribution in [-0.2, 0) is 9.53 Å². The van der Waals surface area contributed by atoms with Crippen LogP contribution in [0.2, 0.25) is 0 Å². The Hall–Kier alpha value is -0.790. The third-order valence-corrected chi connectivity index (χ3v) is 3.15. The minimum absolute atomic E-state index is 0.201. The molecule has 0 aromatic carbocycles. The minimum Gasteiger partial charge on any atom is -0.463 e. The fourth-order valence-electron chi connectivity index (χ4n) is 2.04. The molecular formula is C16H30O2. The molecule has 0 bridgehead atoms. The van der Waals surface area contributed by atoms with Crippen LogP contribution < -0.4 is 0 Å². The molecule has 0 saturated carbocycles. The standard InChI is InChI=1S/C16H30O2/c1-4-7-9-10-12-15(11-8-5-2)13-14-16(17)18-6-3/h13-15H,4-12H2,1-3H3. The van der Waals surface area contributed by atoms with Crippen LogP contribution in [0.25, 0.3) is 0 Å². The molecule has 106 valence electrons. The molecule has 0 aliphatic rings. The number of allylic oxidation sites excluding steroid dienone is 1. The van der Waals surface area contributed by atoms with Crippen LogP contribution in [0.5, 0.6) is 0 Å². The van der Waals surface area contributed by atoms with Gasteiger partial charge in [0.2, 0.25) is 0 Å². The van der Waals surface area contributed by atoms with Gasteiger partial charge >= 0.3 is 5.97 Å². The van der Waals surface area contributed by atoms with Crippen LogP contribution in [-0.4, -0.2) is 12.6 Å². The van der Waals surface area contributed by atoms with Gasteiger partial charge in [-0.3, -0.25) is 0 Å². The fraction of sp³-hybridized carbons (Fsp3) is 0.812. The van der Waals surface area contributed by atoms with Crippen LogP contribution in [0.4, 0.5) is 0 Å². The van der Waals surface area contributed by atoms with Gasteiger partial charge < -0.3 is 4.74 Å². The van der Waals surface area contributed by atoms with E-state index in [9.17, 15) is 4.79 Å². The van der Waals surface area contributed by atoms with E-state index >= 15 is 0 Å². The summed E-state index contributed by atoms with van der Waals surface area (Å²) in [4.78, 5) is 11.3. The highest BCUT2D eigenvalue weighted by Gasteiger charge is 2.05. The lowest BCUT2D eigenvalue weighted by atomic mass is 9.95. The first-order chi connectivity index (χ1) is 8.74. The van der Waals surface area contributed by atoms with E-state index in [4.69, 9.17) is 4.74 Å². The molecule has 1 atom stereocenters. The highest BCUT2D eigenvalue weighted by Crippen LogP contribution is 2.18. The number of ether oxygens (including phenoxy) is 1. The summed E-state index contributed by atoms with van der Waals surface area (Å²) >= 11 is 0. The van der Waals surface area contributed by atoms with Gasteiger partial charge in [-0.2, -0.15) is 0 Å². The first-order valence-electron chi connectivity index (χ1n) is 7.59. The SMILES string of the molecule is CCCCCCC(C=CC(=O)OCC)CCCC. The van der Waals surface area contributed by atoms with Crippen molar-refractivity contribution in [2.75, 3.05) is 6.61 Å². The lowest BCUT2D eigenvalue weighted by Gasteiger charge is -2.11. The van der Waals surface area contributed by atoms with Gasteiger partial charge in [0.1, 0.15) is 0 Å². The summed E-state index contributed by atoms with van der Waals surface area (Å²) in [6.07, 6.45) is 13.7. The summed E-state index contributed by atoms with van der Waals surface area (Å²) in [6.45, 7) is 6.74. The smallest absolute Gasteiger partial charge is 0.330 e. The van der Waals surface area contributed by atoms with Gasteiger partial charge in [-0.15, -0.1) is 0 Å². The summed E-state index contributed by atoms with van der Waals surface area (Å²) in [5.41, 5.74) is 0. The summed E-state index contributed by atoms with van der Waals surface area (Å²) in [6, 6.07) is 0. The lowest BCUT2D eigenvalue weighted by molar-refractivity contribution is -0.137. The van der Waals surface area contributed by atoms with E-state index in [0.29, 0.717) is 12.5 Å². The molecule has 0 N–H and O–H groups in total. The van der Waals surface area contributed by atoms with Crippen LogP contribution >= 0.6 is 0 Å². The molecule has 0 saturated heterocycles. The summed E-state index contributed by atoms with van der Waals surface area (Å²) in [5.74, 6) is 0.346. The highest BCUT2D eigenvalue weighted by molar-refractivity contribution is 5.81. The van der Waals surface area contributed by atoms with E-state index in [-0.39, 0.29) is 5.97 Å². The van der Waals surface area contributed by atoms with Gasteiger partial charge in [-0.25, -0.2) is 4.79 Å². The fourth-order valence-corrected chi connectivity index (χ4v) is 2.04. The van der Waals surface area contributed by atoms with Crippen molar-refractivity contribution in [3.05, 3.63) is 12.2 Å². The van der Waals surface area contributed by atoms with E-state index in [1.54, 1.807) is 6.08 Å². The van der Waals surface area contributed by atoms with Crippen molar-refractivity contribution in [3.8, 4) is 0 Å². The van der Waals surface area contributed by atoms with E-state index in [2.05, 4.69) is 19.9 Å². The second-order valence-corrected chi connectivity index (χ2v) is 4.86. The molecule has 2 nitrogen and oxygen atoms in total. The van der Waals surface area contributed by atoms with Gasteiger partial charge in [0.25, 0.3) is 0 Å². The first kappa shape index (κ1) is 17.2. The molecule has 0 aromatic rings. The zero-order valence-corrected chi connectivity index (χ0v) is 12.4. The minimum atomic E-state index is -0.201. The second kappa shape index (κ2) is 12.7. The summed E-state index contributed by atoms with van der Waals surface area (Å²) < 4.78 is 4.91. The Balaban J connectivity index is 4.00. The normalized spacial score (nSPS) is 12.8. The number of esters is 1. The van der Waals surface area contributed by atoms with Gasteiger partial charge in [0, 0.05) is 6.08 Å². The van der Waals surface area contributed by atoms with Crippen molar-refractivity contribution in [2.24, 2.45) is 5.92 Å². The lowest BCUT2D eigenvalue weighted by Crippen LogP contribution is -2.02. The van der Waals surface area contributed by atoms with E-state index in [0.717, 1.165) is 0 Å². The Kier molecular flexibility index (Phi) is 12.1. The Morgan fingerprint density at radius 2 is 1.67 bits per heavy atom. The molecule has 0 aliphatic heterocycles. The molecule has 18 heavy (non-hydrogen) atoms. The van der Waals surface area contributed by atoms with Crippen molar-refractivity contribution in [3.63, 3.8) is 0 Å². The number of carbonyl (C=O) groups is 1. The quantitative estimate of drug-likeness (QED) is 0.298. The maximum atomic E-state index is 11.3. The van der Waals surface area contributed by atoms with Crippen molar-refractivity contribution in [1.29, 1.82) is 0 Å². The third kappa shape index (κ3) is 10.4. The molecule has 0 amide bonds. The van der Waals surface area contributed by atoms with Gasteiger partial charge in [-0.1, -0.05) is 58.4 Å². The van der Waals surface area contributed by atoms with Crippen LogP contribution in [0.3, 0.4) is 0 Å². The molecule has 0 spiro atoms. The van der Waals surface area contributed by atoms with E-state index < -0.39 is 0 Å². The largest absolute Gasteiger partial charge is 0.463 e. The van der Waals surface area contributed by atoms with Gasteiger partial charge in [0.05, 0.1) is 6.61 Å². The number of hydrogen-bond acceptors (Lipinski definition) is 2. The van der Waals surface area contributed by atoms with Crippen molar-refractivity contribution >= 4 is 5.97 Å². The molecule has 0 heterocycles. The third-order valence-electron chi connectivity index (χ3n) is 3.15. The second-order valence-electron chi connectivity index (χ2n) is 4.86. The average Bonchev–Trinajstić information content (AvgIpc) is 2.37. The first-order valence-corrected chi connectivity index (χ1v) is 7.59. The number of carbonyl (C=O) groups excluding carboxylic acids is 1. The molecule has 2 heteroatoms. The highest BCUT2D eigenvalue weighted by atomic mass is 16.5. The zero-order valence-electron chi connectivity index (χ0n) is 12.4. The average molecular weight is 254 g/mol. The Morgan fingerprint density at radius 1 is 1.00 bits per heavy atom. The number of unbranched alkanes of at least 4 members (excludes halogenated alkanes) is 4. The van der Waals surface area contributed by atoms with Crippen molar-refractivity contribution in [1.82, 2.24) is 0 Å². The topological polar surface area (TPSA) is 26.3 Å². The van der Waals surface area contributed by atoms with Crippen LogP contribution in [0, 0.1) is 5.92 Å². The van der Waals surface area contributed by atoms with Crippen LogP contribution in [0.15, 0.2) is 12.2 Å². The zero-order chi connectivity index (χ0) is 13.6. The molecule has 0 aromatic heterocycles. The molecule has 0 fully saturated rings. The molecule has 0 aliphatic carbocycles. The van der Waals surface area contributed by atoms with Crippen molar-refractivity contribution in [2.45, 2.75) is 72.1 Å². The monoisotopic (exact) mass is 254 g/mol. The molecule has 1 unspecified atom stereocenters. The molecule has 0 radical (unpaired) electrons. The Morgan fingerprint density at radius 3 is 2.28 bits per heavy atom. The van der Waals surface area contributed by atoms with Gasteiger partial charge in [0.15, 0.2) is 0 Å². The van der Waals surface area contributed by atoms with E-state index in [1.165, 1.54) is 51.4 Å². The molecular weight excluding hydrogens is 224 g/mol. The van der Waals surface area contributed by atoms with Crippen LogP contribution in [0.1, 0.15) is 72.1 Å². The maximum Gasteiger partial charge on any atom is 0.330 e. The Labute approximate surface area is 113 Å². The number of rotatable bonds is 11. The van der Waals surface area contributed by atoms with Crippen molar-refractivity contribution < 1.29 is 9.53 Å². The Bertz CT molecular complexity index is 221. The van der Waals surface area contributed by atoms with E-state index in [1.807, 2.05) is 6.92 Å². The molecule has 0 rings (SSSR count). The maximum absolute atomic E-state index is 11.3. The summed E-state index contributed by atoms with van der Waals surface area (Å²) in [7, 11) is 0. The summed E-state index contributed by atoms with van der Waals surface area (Å²) in [5, 5.41) is 0. The predicted octanol–water partition coefficient (Wildman–Crippen LogP) is 4.88. The number of hydrogen-bond donors (Lipinski definition) is 0. The van der Waals surface area contributed by atoms with Gasteiger partial charge in [-0.05, 0) is 25.7 Å².